The van der Waals surface area contributed by atoms with Gasteiger partial charge in [0, 0.05) is 39.8 Å². The van der Waals surface area contributed by atoms with Gasteiger partial charge in [-0.05, 0) is 23.8 Å². The molecule has 0 unspecified atom stereocenters. The lowest BCUT2D eigenvalue weighted by atomic mass is 10.0. The second kappa shape index (κ2) is 5.12. The molecule has 2 aromatic carbocycles. The van der Waals surface area contributed by atoms with Crippen LogP contribution >= 0.6 is 11.6 Å². The summed E-state index contributed by atoms with van der Waals surface area (Å²) in [5.41, 5.74) is 8.88. The Balaban J connectivity index is 2.24. The molecule has 0 aliphatic rings. The highest BCUT2D eigenvalue weighted by atomic mass is 35.5. The SMILES string of the molecule is NCc1cc(=O)c2cc(-c3ccccc3Cl)ccc2[nH]1. The van der Waals surface area contributed by atoms with Gasteiger partial charge in [0.05, 0.1) is 0 Å². The number of H-pyrrole nitrogens is 1. The Labute approximate surface area is 121 Å². The van der Waals surface area contributed by atoms with Gasteiger partial charge >= 0.3 is 0 Å². The van der Waals surface area contributed by atoms with E-state index in [1.54, 1.807) is 6.07 Å². The Morgan fingerprint density at radius 1 is 1.10 bits per heavy atom. The van der Waals surface area contributed by atoms with Crippen molar-refractivity contribution >= 4 is 22.5 Å². The van der Waals surface area contributed by atoms with Gasteiger partial charge in [-0.15, -0.1) is 0 Å². The summed E-state index contributed by atoms with van der Waals surface area (Å²) in [6.07, 6.45) is 0. The first-order valence-corrected chi connectivity index (χ1v) is 6.68. The van der Waals surface area contributed by atoms with E-state index in [0.717, 1.165) is 22.3 Å². The van der Waals surface area contributed by atoms with E-state index >= 15 is 0 Å². The van der Waals surface area contributed by atoms with Crippen LogP contribution in [-0.2, 0) is 6.54 Å². The maximum Gasteiger partial charge on any atom is 0.189 e. The van der Waals surface area contributed by atoms with Gasteiger partial charge in [-0.2, -0.15) is 0 Å². The van der Waals surface area contributed by atoms with E-state index in [-0.39, 0.29) is 5.43 Å². The molecule has 3 N–H and O–H groups in total. The normalized spacial score (nSPS) is 10.9. The van der Waals surface area contributed by atoms with Crippen molar-refractivity contribution < 1.29 is 0 Å². The molecule has 0 fully saturated rings. The number of halogens is 1. The van der Waals surface area contributed by atoms with E-state index < -0.39 is 0 Å². The van der Waals surface area contributed by atoms with E-state index in [1.807, 2.05) is 42.5 Å². The van der Waals surface area contributed by atoms with Gasteiger partial charge in [-0.3, -0.25) is 4.79 Å². The van der Waals surface area contributed by atoms with Crippen molar-refractivity contribution in [3.05, 3.63) is 69.5 Å². The second-order valence-electron chi connectivity index (χ2n) is 4.60. The highest BCUT2D eigenvalue weighted by molar-refractivity contribution is 6.33. The number of aromatic amines is 1. The number of fused-ring (bicyclic) bond motifs is 1. The van der Waals surface area contributed by atoms with Crippen molar-refractivity contribution in [2.24, 2.45) is 5.73 Å². The minimum absolute atomic E-state index is 0.0342. The molecule has 3 rings (SSSR count). The molecule has 0 aliphatic heterocycles. The first kappa shape index (κ1) is 12.9. The fraction of sp³-hybridized carbons (Fsp3) is 0.0625. The minimum Gasteiger partial charge on any atom is -0.357 e. The van der Waals surface area contributed by atoms with Crippen LogP contribution in [0.3, 0.4) is 0 Å². The van der Waals surface area contributed by atoms with Crippen molar-refractivity contribution in [2.75, 3.05) is 0 Å². The molecule has 0 saturated heterocycles. The Hall–Kier alpha value is -2.10. The van der Waals surface area contributed by atoms with Crippen LogP contribution in [0.4, 0.5) is 0 Å². The van der Waals surface area contributed by atoms with Gasteiger partial charge in [-0.1, -0.05) is 35.9 Å². The fourth-order valence-corrected chi connectivity index (χ4v) is 2.52. The molecule has 0 saturated carbocycles. The van der Waals surface area contributed by atoms with Crippen LogP contribution in [0.2, 0.25) is 5.02 Å². The van der Waals surface area contributed by atoms with Crippen molar-refractivity contribution in [1.29, 1.82) is 0 Å². The number of pyridine rings is 1. The van der Waals surface area contributed by atoms with Crippen LogP contribution in [0.15, 0.2) is 53.3 Å². The number of rotatable bonds is 2. The van der Waals surface area contributed by atoms with Crippen LogP contribution in [0.5, 0.6) is 0 Å². The predicted octanol–water partition coefficient (Wildman–Crippen LogP) is 3.31. The summed E-state index contributed by atoms with van der Waals surface area (Å²) in [6.45, 7) is 0.317. The largest absolute Gasteiger partial charge is 0.357 e. The van der Waals surface area contributed by atoms with Crippen LogP contribution < -0.4 is 11.2 Å². The average molecular weight is 285 g/mol. The zero-order valence-electron chi connectivity index (χ0n) is 10.7. The first-order chi connectivity index (χ1) is 9.69. The number of hydrogen-bond donors (Lipinski definition) is 2. The van der Waals surface area contributed by atoms with Gasteiger partial charge in [-0.25, -0.2) is 0 Å². The summed E-state index contributed by atoms with van der Waals surface area (Å²) < 4.78 is 0. The quantitative estimate of drug-likeness (QED) is 0.758. The second-order valence-corrected chi connectivity index (χ2v) is 5.01. The van der Waals surface area contributed by atoms with Crippen LogP contribution in [0.1, 0.15) is 5.69 Å². The molecule has 1 heterocycles. The molecule has 3 aromatic rings. The maximum atomic E-state index is 12.1. The van der Waals surface area contributed by atoms with Gasteiger partial charge in [0.2, 0.25) is 0 Å². The van der Waals surface area contributed by atoms with E-state index in [1.165, 1.54) is 0 Å². The molecule has 4 heteroatoms. The number of benzene rings is 2. The number of nitrogens with one attached hydrogen (secondary N) is 1. The summed E-state index contributed by atoms with van der Waals surface area (Å²) >= 11 is 6.19. The van der Waals surface area contributed by atoms with Crippen molar-refractivity contribution in [1.82, 2.24) is 4.98 Å². The van der Waals surface area contributed by atoms with Crippen molar-refractivity contribution in [2.45, 2.75) is 6.54 Å². The maximum absolute atomic E-state index is 12.1. The molecule has 0 spiro atoms. The topological polar surface area (TPSA) is 58.9 Å². The monoisotopic (exact) mass is 284 g/mol. The molecule has 100 valence electrons. The Bertz CT molecular complexity index is 839. The van der Waals surface area contributed by atoms with Gasteiger partial charge < -0.3 is 10.7 Å². The van der Waals surface area contributed by atoms with E-state index in [2.05, 4.69) is 4.98 Å². The first-order valence-electron chi connectivity index (χ1n) is 6.30. The third-order valence-corrected chi connectivity index (χ3v) is 3.62. The summed E-state index contributed by atoms with van der Waals surface area (Å²) in [5.74, 6) is 0. The van der Waals surface area contributed by atoms with Gasteiger partial charge in [0.25, 0.3) is 0 Å². The van der Waals surface area contributed by atoms with Gasteiger partial charge in [0.15, 0.2) is 5.43 Å². The van der Waals surface area contributed by atoms with Crippen LogP contribution in [0.25, 0.3) is 22.0 Å². The van der Waals surface area contributed by atoms with E-state index in [4.69, 9.17) is 17.3 Å². The Morgan fingerprint density at radius 2 is 1.90 bits per heavy atom. The summed E-state index contributed by atoms with van der Waals surface area (Å²) in [5, 5.41) is 1.31. The van der Waals surface area contributed by atoms with Gasteiger partial charge in [0.1, 0.15) is 0 Å². The highest BCUT2D eigenvalue weighted by Gasteiger charge is 2.06. The lowest BCUT2D eigenvalue weighted by molar-refractivity contribution is 1.00. The van der Waals surface area contributed by atoms with Crippen molar-refractivity contribution in [3.63, 3.8) is 0 Å². The third-order valence-electron chi connectivity index (χ3n) is 3.29. The highest BCUT2D eigenvalue weighted by Crippen LogP contribution is 2.28. The summed E-state index contributed by atoms with van der Waals surface area (Å²) in [7, 11) is 0. The Morgan fingerprint density at radius 3 is 2.65 bits per heavy atom. The predicted molar refractivity (Wildman–Crippen MR) is 82.9 cm³/mol. The lowest BCUT2D eigenvalue weighted by Gasteiger charge is -2.07. The smallest absolute Gasteiger partial charge is 0.189 e. The number of aromatic nitrogens is 1. The number of nitrogens with two attached hydrogens (primary N) is 1. The standard InChI is InChI=1S/C16H13ClN2O/c17-14-4-2-1-3-12(14)10-5-6-15-13(7-10)16(20)8-11(9-18)19-15/h1-8H,9,18H2,(H,19,20). The molecule has 20 heavy (non-hydrogen) atoms. The third kappa shape index (κ3) is 2.22. The van der Waals surface area contributed by atoms with E-state index in [0.29, 0.717) is 17.0 Å². The Kier molecular flexibility index (Phi) is 3.30. The average Bonchev–Trinajstić information content (AvgIpc) is 2.47. The summed E-state index contributed by atoms with van der Waals surface area (Å²) in [4.78, 5) is 15.3. The molecule has 1 aromatic heterocycles. The minimum atomic E-state index is -0.0342. The lowest BCUT2D eigenvalue weighted by Crippen LogP contribution is -2.08. The molecule has 3 nitrogen and oxygen atoms in total. The molecule has 0 amide bonds. The fourth-order valence-electron chi connectivity index (χ4n) is 2.27. The van der Waals surface area contributed by atoms with Crippen LogP contribution in [-0.4, -0.2) is 4.98 Å². The van der Waals surface area contributed by atoms with Crippen LogP contribution in [0, 0.1) is 0 Å². The zero-order chi connectivity index (χ0) is 14.1. The molecule has 0 atom stereocenters. The van der Waals surface area contributed by atoms with E-state index in [9.17, 15) is 4.79 Å². The van der Waals surface area contributed by atoms with Crippen molar-refractivity contribution in [3.8, 4) is 11.1 Å². The molecule has 0 radical (unpaired) electrons. The molecule has 0 bridgehead atoms. The molecular weight excluding hydrogens is 272 g/mol. The molecular formula is C16H13ClN2O. The molecule has 0 aliphatic carbocycles. The summed E-state index contributed by atoms with van der Waals surface area (Å²) in [6, 6.07) is 14.8. The number of hydrogen-bond acceptors (Lipinski definition) is 2. The zero-order valence-corrected chi connectivity index (χ0v) is 11.4.